The Balaban J connectivity index is 2.81. The number of aromatic nitrogens is 2. The van der Waals surface area contributed by atoms with Gasteiger partial charge in [0.25, 0.3) is 12.3 Å². The van der Waals surface area contributed by atoms with E-state index in [1.54, 1.807) is 6.92 Å². The monoisotopic (exact) mass is 218 g/mol. The molecule has 0 aliphatic heterocycles. The Hall–Kier alpha value is -1.66. The number of nitrogens with one attached hydrogen (secondary N) is 1. The van der Waals surface area contributed by atoms with E-state index in [0.29, 0.717) is 6.54 Å². The Morgan fingerprint density at radius 3 is 2.93 bits per heavy atom. The first-order chi connectivity index (χ1) is 7.04. The Morgan fingerprint density at radius 2 is 2.40 bits per heavy atom. The van der Waals surface area contributed by atoms with E-state index in [4.69, 9.17) is 5.73 Å². The average molecular weight is 218 g/mol. The van der Waals surface area contributed by atoms with E-state index in [2.05, 4.69) is 10.4 Å². The number of hydrogen-bond acceptors (Lipinski definition) is 3. The first-order valence-corrected chi connectivity index (χ1v) is 4.43. The lowest BCUT2D eigenvalue weighted by molar-refractivity contribution is 0.0945. The molecule has 0 aliphatic carbocycles. The first kappa shape index (κ1) is 11.4. The van der Waals surface area contributed by atoms with Crippen LogP contribution in [-0.2, 0) is 6.54 Å². The SMILES string of the molecule is CCNC(=O)c1nn(CC(F)F)cc1N. The highest BCUT2D eigenvalue weighted by Gasteiger charge is 2.15. The van der Waals surface area contributed by atoms with Gasteiger partial charge in [-0.2, -0.15) is 5.10 Å². The number of hydrogen-bond donors (Lipinski definition) is 2. The van der Waals surface area contributed by atoms with Gasteiger partial charge >= 0.3 is 0 Å². The van der Waals surface area contributed by atoms with Crippen LogP contribution < -0.4 is 11.1 Å². The van der Waals surface area contributed by atoms with Crippen molar-refractivity contribution in [1.82, 2.24) is 15.1 Å². The summed E-state index contributed by atoms with van der Waals surface area (Å²) >= 11 is 0. The highest BCUT2D eigenvalue weighted by Crippen LogP contribution is 2.10. The predicted molar refractivity (Wildman–Crippen MR) is 50.7 cm³/mol. The molecule has 1 aromatic heterocycles. The molecule has 84 valence electrons. The summed E-state index contributed by atoms with van der Waals surface area (Å²) in [5.74, 6) is -0.456. The minimum absolute atomic E-state index is 0.0162. The van der Waals surface area contributed by atoms with Crippen molar-refractivity contribution in [2.24, 2.45) is 0 Å². The van der Waals surface area contributed by atoms with Crippen LogP contribution in [-0.4, -0.2) is 28.7 Å². The van der Waals surface area contributed by atoms with E-state index >= 15 is 0 Å². The number of nitrogens with zero attached hydrogens (tertiary/aromatic N) is 2. The van der Waals surface area contributed by atoms with Crippen LogP contribution >= 0.6 is 0 Å². The number of halogens is 2. The summed E-state index contributed by atoms with van der Waals surface area (Å²) < 4.78 is 25.0. The minimum atomic E-state index is -2.52. The maximum absolute atomic E-state index is 12.0. The molecule has 7 heteroatoms. The molecule has 1 heterocycles. The van der Waals surface area contributed by atoms with Crippen molar-refractivity contribution < 1.29 is 13.6 Å². The second-order valence-corrected chi connectivity index (χ2v) is 2.91. The lowest BCUT2D eigenvalue weighted by Gasteiger charge is -1.99. The molecule has 1 rings (SSSR count). The quantitative estimate of drug-likeness (QED) is 0.772. The molecule has 1 aromatic rings. The number of amides is 1. The van der Waals surface area contributed by atoms with Gasteiger partial charge < -0.3 is 11.1 Å². The van der Waals surface area contributed by atoms with E-state index in [-0.39, 0.29) is 11.4 Å². The van der Waals surface area contributed by atoms with E-state index in [1.165, 1.54) is 6.20 Å². The van der Waals surface area contributed by atoms with Crippen LogP contribution in [0.3, 0.4) is 0 Å². The van der Waals surface area contributed by atoms with E-state index < -0.39 is 18.9 Å². The van der Waals surface area contributed by atoms with Gasteiger partial charge in [-0.15, -0.1) is 0 Å². The summed E-state index contributed by atoms with van der Waals surface area (Å²) in [6, 6.07) is 0. The van der Waals surface area contributed by atoms with Crippen molar-refractivity contribution in [2.75, 3.05) is 12.3 Å². The standard InChI is InChI=1S/C8H12F2N4O/c1-2-12-8(15)7-5(11)3-14(13-7)4-6(9)10/h3,6H,2,4,11H2,1H3,(H,12,15). The van der Waals surface area contributed by atoms with Crippen molar-refractivity contribution in [3.63, 3.8) is 0 Å². The van der Waals surface area contributed by atoms with E-state index in [1.807, 2.05) is 0 Å². The molecule has 1 amide bonds. The average Bonchev–Trinajstić information content (AvgIpc) is 2.46. The normalized spacial score (nSPS) is 10.7. The molecular formula is C8H12F2N4O. The van der Waals surface area contributed by atoms with Crippen molar-refractivity contribution in [3.05, 3.63) is 11.9 Å². The van der Waals surface area contributed by atoms with Crippen LogP contribution in [0.2, 0.25) is 0 Å². The smallest absolute Gasteiger partial charge is 0.273 e. The van der Waals surface area contributed by atoms with Crippen molar-refractivity contribution >= 4 is 11.6 Å². The van der Waals surface area contributed by atoms with Crippen LogP contribution in [0.5, 0.6) is 0 Å². The number of alkyl halides is 2. The summed E-state index contributed by atoms with van der Waals surface area (Å²) in [7, 11) is 0. The molecule has 0 bridgehead atoms. The fourth-order valence-electron chi connectivity index (χ4n) is 1.09. The number of carbonyl (C=O) groups is 1. The van der Waals surface area contributed by atoms with Gasteiger partial charge in [-0.3, -0.25) is 9.48 Å². The molecule has 0 fully saturated rings. The van der Waals surface area contributed by atoms with Gasteiger partial charge in [0.15, 0.2) is 5.69 Å². The molecule has 3 N–H and O–H groups in total. The Kier molecular flexibility index (Phi) is 3.59. The molecule has 0 saturated heterocycles. The topological polar surface area (TPSA) is 72.9 Å². The molecule has 0 spiro atoms. The predicted octanol–water partition coefficient (Wildman–Crippen LogP) is 0.480. The second kappa shape index (κ2) is 4.72. The van der Waals surface area contributed by atoms with E-state index in [9.17, 15) is 13.6 Å². The highest BCUT2D eigenvalue weighted by molar-refractivity contribution is 5.96. The lowest BCUT2D eigenvalue weighted by Crippen LogP contribution is -2.24. The summed E-state index contributed by atoms with van der Waals surface area (Å²) in [5, 5.41) is 6.16. The van der Waals surface area contributed by atoms with Crippen LogP contribution in [0, 0.1) is 0 Å². The van der Waals surface area contributed by atoms with Gasteiger partial charge in [0.1, 0.15) is 6.54 Å². The third-order valence-electron chi connectivity index (χ3n) is 1.67. The van der Waals surface area contributed by atoms with Gasteiger partial charge in [0.05, 0.1) is 5.69 Å². The molecule has 5 nitrogen and oxygen atoms in total. The van der Waals surface area contributed by atoms with Gasteiger partial charge in [0, 0.05) is 12.7 Å². The Morgan fingerprint density at radius 1 is 1.73 bits per heavy atom. The minimum Gasteiger partial charge on any atom is -0.396 e. The zero-order valence-corrected chi connectivity index (χ0v) is 8.20. The fraction of sp³-hybridized carbons (Fsp3) is 0.500. The van der Waals surface area contributed by atoms with Crippen LogP contribution in [0.4, 0.5) is 14.5 Å². The van der Waals surface area contributed by atoms with Gasteiger partial charge in [-0.05, 0) is 6.92 Å². The summed E-state index contributed by atoms with van der Waals surface area (Å²) in [5.41, 5.74) is 5.54. The van der Waals surface area contributed by atoms with Crippen molar-refractivity contribution in [3.8, 4) is 0 Å². The van der Waals surface area contributed by atoms with Gasteiger partial charge in [-0.1, -0.05) is 0 Å². The maximum atomic E-state index is 12.0. The lowest BCUT2D eigenvalue weighted by atomic mass is 10.3. The zero-order valence-electron chi connectivity index (χ0n) is 8.20. The van der Waals surface area contributed by atoms with Crippen LogP contribution in [0.25, 0.3) is 0 Å². The second-order valence-electron chi connectivity index (χ2n) is 2.91. The summed E-state index contributed by atoms with van der Waals surface area (Å²) in [6.07, 6.45) is -1.30. The summed E-state index contributed by atoms with van der Waals surface area (Å²) in [6.45, 7) is 1.60. The van der Waals surface area contributed by atoms with E-state index in [0.717, 1.165) is 4.68 Å². The molecule has 0 atom stereocenters. The number of anilines is 1. The zero-order chi connectivity index (χ0) is 11.4. The largest absolute Gasteiger partial charge is 0.396 e. The number of nitrogens with two attached hydrogens (primary N) is 1. The highest BCUT2D eigenvalue weighted by atomic mass is 19.3. The molecule has 0 aliphatic rings. The molecular weight excluding hydrogens is 206 g/mol. The third kappa shape index (κ3) is 2.90. The van der Waals surface area contributed by atoms with Crippen LogP contribution in [0.1, 0.15) is 17.4 Å². The fourth-order valence-corrected chi connectivity index (χ4v) is 1.09. The Labute approximate surface area is 85.2 Å². The number of carbonyl (C=O) groups excluding carboxylic acids is 1. The van der Waals surface area contributed by atoms with Crippen molar-refractivity contribution in [1.29, 1.82) is 0 Å². The molecule has 0 saturated carbocycles. The third-order valence-corrected chi connectivity index (χ3v) is 1.67. The molecule has 15 heavy (non-hydrogen) atoms. The molecule has 0 radical (unpaired) electrons. The van der Waals surface area contributed by atoms with Gasteiger partial charge in [-0.25, -0.2) is 8.78 Å². The van der Waals surface area contributed by atoms with Crippen molar-refractivity contribution in [2.45, 2.75) is 19.9 Å². The summed E-state index contributed by atoms with van der Waals surface area (Å²) in [4.78, 5) is 11.3. The maximum Gasteiger partial charge on any atom is 0.273 e. The molecule has 0 aromatic carbocycles. The number of rotatable bonds is 4. The first-order valence-electron chi connectivity index (χ1n) is 4.43. The Bertz CT molecular complexity index is 350. The van der Waals surface area contributed by atoms with Crippen LogP contribution in [0.15, 0.2) is 6.20 Å². The number of nitrogen functional groups attached to an aromatic ring is 1. The van der Waals surface area contributed by atoms with Gasteiger partial charge in [0.2, 0.25) is 0 Å². The molecule has 0 unspecified atom stereocenters.